The van der Waals surface area contributed by atoms with E-state index in [1.54, 1.807) is 29.2 Å². The SMILES string of the molecule is COc1ccc(CN2CCN(C(=O)c3ccc4c(c3)nc(C(F)F)n4C)CC2)cc1F. The zero-order valence-corrected chi connectivity index (χ0v) is 17.3. The van der Waals surface area contributed by atoms with E-state index in [1.807, 2.05) is 6.07 Å². The minimum Gasteiger partial charge on any atom is -0.494 e. The molecule has 1 amide bonds. The zero-order valence-electron chi connectivity index (χ0n) is 17.3. The van der Waals surface area contributed by atoms with E-state index in [2.05, 4.69) is 9.88 Å². The highest BCUT2D eigenvalue weighted by molar-refractivity contribution is 5.97. The van der Waals surface area contributed by atoms with Crippen LogP contribution in [0.4, 0.5) is 13.2 Å². The van der Waals surface area contributed by atoms with Crippen LogP contribution < -0.4 is 4.74 Å². The number of carbonyl (C=O) groups excluding carboxylic acids is 1. The molecule has 3 aromatic rings. The third-order valence-electron chi connectivity index (χ3n) is 5.64. The molecule has 1 aromatic heterocycles. The van der Waals surface area contributed by atoms with Gasteiger partial charge in [0, 0.05) is 45.3 Å². The van der Waals surface area contributed by atoms with Crippen molar-refractivity contribution in [1.29, 1.82) is 0 Å². The van der Waals surface area contributed by atoms with E-state index in [9.17, 15) is 18.0 Å². The summed E-state index contributed by atoms with van der Waals surface area (Å²) in [4.78, 5) is 20.8. The van der Waals surface area contributed by atoms with Gasteiger partial charge < -0.3 is 14.2 Å². The van der Waals surface area contributed by atoms with Crippen molar-refractivity contribution in [2.45, 2.75) is 13.0 Å². The normalized spacial score (nSPS) is 15.1. The predicted molar refractivity (Wildman–Crippen MR) is 110 cm³/mol. The first-order valence-electron chi connectivity index (χ1n) is 9.96. The fourth-order valence-electron chi connectivity index (χ4n) is 3.90. The average molecular weight is 432 g/mol. The maximum absolute atomic E-state index is 13.9. The second kappa shape index (κ2) is 8.58. The number of carbonyl (C=O) groups is 1. The molecule has 2 aromatic carbocycles. The number of aryl methyl sites for hydroxylation is 1. The van der Waals surface area contributed by atoms with Crippen LogP contribution in [0.15, 0.2) is 36.4 Å². The van der Waals surface area contributed by atoms with E-state index in [-0.39, 0.29) is 17.5 Å². The molecule has 31 heavy (non-hydrogen) atoms. The second-order valence-corrected chi connectivity index (χ2v) is 7.57. The summed E-state index contributed by atoms with van der Waals surface area (Å²) in [5.41, 5.74) is 2.21. The number of nitrogens with zero attached hydrogens (tertiary/aromatic N) is 4. The van der Waals surface area contributed by atoms with Crippen molar-refractivity contribution in [3.63, 3.8) is 0 Å². The Morgan fingerprint density at radius 2 is 1.87 bits per heavy atom. The maximum atomic E-state index is 13.9. The number of hydrogen-bond acceptors (Lipinski definition) is 4. The van der Waals surface area contributed by atoms with Crippen molar-refractivity contribution in [3.05, 3.63) is 59.2 Å². The topological polar surface area (TPSA) is 50.6 Å². The predicted octanol–water partition coefficient (Wildman–Crippen LogP) is 3.62. The van der Waals surface area contributed by atoms with Crippen LogP contribution in [0.1, 0.15) is 28.2 Å². The Hall–Kier alpha value is -3.07. The van der Waals surface area contributed by atoms with Gasteiger partial charge in [0.15, 0.2) is 17.4 Å². The van der Waals surface area contributed by atoms with E-state index in [4.69, 9.17) is 4.74 Å². The number of piperazine rings is 1. The van der Waals surface area contributed by atoms with Crippen molar-refractivity contribution in [3.8, 4) is 5.75 Å². The highest BCUT2D eigenvalue weighted by Gasteiger charge is 2.24. The second-order valence-electron chi connectivity index (χ2n) is 7.57. The number of methoxy groups -OCH3 is 1. The first kappa shape index (κ1) is 21.2. The Morgan fingerprint density at radius 1 is 1.13 bits per heavy atom. The Kier molecular flexibility index (Phi) is 5.86. The smallest absolute Gasteiger partial charge is 0.295 e. The number of amides is 1. The molecule has 0 saturated carbocycles. The quantitative estimate of drug-likeness (QED) is 0.618. The Bertz CT molecular complexity index is 1110. The number of halogens is 3. The van der Waals surface area contributed by atoms with Gasteiger partial charge in [-0.05, 0) is 35.9 Å². The van der Waals surface area contributed by atoms with Crippen LogP contribution in [0, 0.1) is 5.82 Å². The third kappa shape index (κ3) is 4.23. The monoisotopic (exact) mass is 432 g/mol. The molecule has 164 valence electrons. The summed E-state index contributed by atoms with van der Waals surface area (Å²) >= 11 is 0. The van der Waals surface area contributed by atoms with Crippen LogP contribution in [0.2, 0.25) is 0 Å². The minimum absolute atomic E-state index is 0.152. The number of fused-ring (bicyclic) bond motifs is 1. The summed E-state index contributed by atoms with van der Waals surface area (Å²) in [5.74, 6) is -0.650. The lowest BCUT2D eigenvalue weighted by Crippen LogP contribution is -2.48. The molecule has 1 fully saturated rings. The molecule has 1 saturated heterocycles. The van der Waals surface area contributed by atoms with Crippen LogP contribution in [-0.2, 0) is 13.6 Å². The van der Waals surface area contributed by atoms with Gasteiger partial charge in [-0.25, -0.2) is 18.2 Å². The van der Waals surface area contributed by atoms with E-state index < -0.39 is 12.2 Å². The van der Waals surface area contributed by atoms with Crippen LogP contribution in [0.3, 0.4) is 0 Å². The van der Waals surface area contributed by atoms with Crippen LogP contribution >= 0.6 is 0 Å². The summed E-state index contributed by atoms with van der Waals surface area (Å²) < 4.78 is 46.3. The van der Waals surface area contributed by atoms with Crippen LogP contribution in [0.5, 0.6) is 5.75 Å². The number of benzene rings is 2. The molecule has 2 heterocycles. The first-order valence-corrected chi connectivity index (χ1v) is 9.96. The van der Waals surface area contributed by atoms with Gasteiger partial charge in [-0.2, -0.15) is 0 Å². The van der Waals surface area contributed by atoms with Crippen molar-refractivity contribution in [2.24, 2.45) is 7.05 Å². The lowest BCUT2D eigenvalue weighted by Gasteiger charge is -2.34. The summed E-state index contributed by atoms with van der Waals surface area (Å²) in [7, 11) is 2.96. The number of aromatic nitrogens is 2. The Morgan fingerprint density at radius 3 is 2.52 bits per heavy atom. The zero-order chi connectivity index (χ0) is 22.1. The summed E-state index contributed by atoms with van der Waals surface area (Å²) in [5, 5.41) is 0. The summed E-state index contributed by atoms with van der Waals surface area (Å²) in [6, 6.07) is 9.76. The first-order chi connectivity index (χ1) is 14.9. The van der Waals surface area contributed by atoms with Crippen molar-refractivity contribution in [1.82, 2.24) is 19.4 Å². The Balaban J connectivity index is 1.40. The Labute approximate surface area is 177 Å². The third-order valence-corrected chi connectivity index (χ3v) is 5.64. The molecule has 0 radical (unpaired) electrons. The number of rotatable bonds is 5. The van der Waals surface area contributed by atoms with Gasteiger partial charge in [0.05, 0.1) is 18.1 Å². The fraction of sp³-hybridized carbons (Fsp3) is 0.364. The van der Waals surface area contributed by atoms with Gasteiger partial charge >= 0.3 is 0 Å². The highest BCUT2D eigenvalue weighted by atomic mass is 19.3. The van der Waals surface area contributed by atoms with Gasteiger partial charge in [0.2, 0.25) is 0 Å². The summed E-state index contributed by atoms with van der Waals surface area (Å²) in [6.07, 6.45) is -2.68. The van der Waals surface area contributed by atoms with E-state index in [0.717, 1.165) is 5.56 Å². The molecule has 9 heteroatoms. The standard InChI is InChI=1S/C22H23F3N4O2/c1-27-18-5-4-15(12-17(18)26-21(27)20(24)25)22(30)29-9-7-28(8-10-29)13-14-3-6-19(31-2)16(23)11-14/h3-6,11-12,20H,7-10,13H2,1-2H3. The molecule has 1 aliphatic heterocycles. The lowest BCUT2D eigenvalue weighted by atomic mass is 10.1. The van der Waals surface area contributed by atoms with Crippen LogP contribution in [-0.4, -0.2) is 58.5 Å². The van der Waals surface area contributed by atoms with Gasteiger partial charge in [-0.3, -0.25) is 9.69 Å². The molecule has 0 bridgehead atoms. The molecular weight excluding hydrogens is 409 g/mol. The molecule has 1 aliphatic rings. The van der Waals surface area contributed by atoms with Crippen LogP contribution in [0.25, 0.3) is 11.0 Å². The van der Waals surface area contributed by atoms with Gasteiger partial charge in [-0.15, -0.1) is 0 Å². The maximum Gasteiger partial charge on any atom is 0.295 e. The summed E-state index contributed by atoms with van der Waals surface area (Å²) in [6.45, 7) is 2.95. The molecule has 6 nitrogen and oxygen atoms in total. The molecule has 0 atom stereocenters. The van der Waals surface area contributed by atoms with E-state index in [1.165, 1.54) is 24.8 Å². The average Bonchev–Trinajstić information content (AvgIpc) is 3.10. The number of alkyl halides is 2. The van der Waals surface area contributed by atoms with Crippen molar-refractivity contribution >= 4 is 16.9 Å². The number of hydrogen-bond donors (Lipinski definition) is 0. The highest BCUT2D eigenvalue weighted by Crippen LogP contribution is 2.24. The van der Waals surface area contributed by atoms with E-state index in [0.29, 0.717) is 49.3 Å². The van der Waals surface area contributed by atoms with Crippen molar-refractivity contribution < 1.29 is 22.7 Å². The molecule has 4 rings (SSSR count). The number of imidazole rings is 1. The van der Waals surface area contributed by atoms with Gasteiger partial charge in [-0.1, -0.05) is 6.07 Å². The molecule has 0 spiro atoms. The van der Waals surface area contributed by atoms with Gasteiger partial charge in [0.1, 0.15) is 0 Å². The molecule has 0 unspecified atom stereocenters. The van der Waals surface area contributed by atoms with Gasteiger partial charge in [0.25, 0.3) is 12.3 Å². The number of ether oxygens (including phenoxy) is 1. The molecule has 0 aliphatic carbocycles. The lowest BCUT2D eigenvalue weighted by molar-refractivity contribution is 0.0628. The largest absolute Gasteiger partial charge is 0.494 e. The van der Waals surface area contributed by atoms with E-state index >= 15 is 0 Å². The minimum atomic E-state index is -2.68. The van der Waals surface area contributed by atoms with Crippen molar-refractivity contribution in [2.75, 3.05) is 33.3 Å². The molecular formula is C22H23F3N4O2. The fourth-order valence-corrected chi connectivity index (χ4v) is 3.90. The molecule has 0 N–H and O–H groups in total.